The van der Waals surface area contributed by atoms with Crippen LogP contribution in [0.15, 0.2) is 12.3 Å². The third-order valence-electron chi connectivity index (χ3n) is 4.05. The summed E-state index contributed by atoms with van der Waals surface area (Å²) in [6.07, 6.45) is 9.48. The number of aromatic nitrogens is 2. The maximum atomic E-state index is 4.74. The van der Waals surface area contributed by atoms with Crippen molar-refractivity contribution in [2.24, 2.45) is 16.7 Å². The van der Waals surface area contributed by atoms with Gasteiger partial charge in [0.15, 0.2) is 0 Å². The second kappa shape index (κ2) is 5.83. The second-order valence-electron chi connectivity index (χ2n) is 8.51. The van der Waals surface area contributed by atoms with Gasteiger partial charge in [0, 0.05) is 18.3 Å². The Morgan fingerprint density at radius 1 is 1.15 bits per heavy atom. The Labute approximate surface area is 124 Å². The van der Waals surface area contributed by atoms with Gasteiger partial charge in [-0.05, 0) is 42.1 Å². The van der Waals surface area contributed by atoms with Crippen molar-refractivity contribution in [1.82, 2.24) is 9.97 Å². The molecule has 0 aromatic carbocycles. The predicted molar refractivity (Wildman–Crippen MR) is 84.6 cm³/mol. The van der Waals surface area contributed by atoms with Gasteiger partial charge in [0.2, 0.25) is 0 Å². The van der Waals surface area contributed by atoms with Gasteiger partial charge in [0.05, 0.1) is 0 Å². The standard InChI is InChI=1S/C18H30N2/c1-17(2,3)13-16-19-11-9-15(20-16)8-10-18(4,5)12-14-6-7-14/h9,11,14H,6-8,10,12-13H2,1-5H3. The van der Waals surface area contributed by atoms with E-state index in [1.54, 1.807) is 0 Å². The second-order valence-corrected chi connectivity index (χ2v) is 8.51. The molecule has 0 aliphatic heterocycles. The fraction of sp³-hybridized carbons (Fsp3) is 0.778. The number of nitrogens with zero attached hydrogens (tertiary/aromatic N) is 2. The largest absolute Gasteiger partial charge is 0.241 e. The highest BCUT2D eigenvalue weighted by atomic mass is 14.9. The normalized spacial score (nSPS) is 16.4. The molecule has 1 saturated carbocycles. The third-order valence-corrected chi connectivity index (χ3v) is 4.05. The lowest BCUT2D eigenvalue weighted by atomic mass is 9.82. The van der Waals surface area contributed by atoms with Gasteiger partial charge < -0.3 is 0 Å². The van der Waals surface area contributed by atoms with Gasteiger partial charge in [-0.25, -0.2) is 9.97 Å². The predicted octanol–water partition coefficient (Wildman–Crippen LogP) is 4.82. The number of aryl methyl sites for hydroxylation is 1. The first-order chi connectivity index (χ1) is 9.23. The summed E-state index contributed by atoms with van der Waals surface area (Å²) in [4.78, 5) is 9.16. The molecule has 1 aromatic heterocycles. The molecule has 1 fully saturated rings. The van der Waals surface area contributed by atoms with E-state index >= 15 is 0 Å². The van der Waals surface area contributed by atoms with E-state index in [4.69, 9.17) is 4.98 Å². The van der Waals surface area contributed by atoms with Crippen molar-refractivity contribution >= 4 is 0 Å². The zero-order valence-electron chi connectivity index (χ0n) is 13.9. The molecular weight excluding hydrogens is 244 g/mol. The summed E-state index contributed by atoms with van der Waals surface area (Å²) in [5.41, 5.74) is 1.92. The lowest BCUT2D eigenvalue weighted by Crippen LogP contribution is -2.15. The van der Waals surface area contributed by atoms with Gasteiger partial charge in [-0.2, -0.15) is 0 Å². The third kappa shape index (κ3) is 5.60. The molecule has 1 aliphatic carbocycles. The Bertz CT molecular complexity index is 439. The molecule has 0 bridgehead atoms. The Kier molecular flexibility index (Phi) is 4.51. The topological polar surface area (TPSA) is 25.8 Å². The zero-order chi connectivity index (χ0) is 14.8. The van der Waals surface area contributed by atoms with Crippen molar-refractivity contribution in [2.45, 2.75) is 73.1 Å². The molecule has 2 nitrogen and oxygen atoms in total. The van der Waals surface area contributed by atoms with Crippen LogP contribution in [0, 0.1) is 16.7 Å². The summed E-state index contributed by atoms with van der Waals surface area (Å²) >= 11 is 0. The minimum atomic E-state index is 0.254. The van der Waals surface area contributed by atoms with Crippen molar-refractivity contribution in [2.75, 3.05) is 0 Å². The molecule has 112 valence electrons. The summed E-state index contributed by atoms with van der Waals surface area (Å²) in [5, 5.41) is 0. The molecule has 20 heavy (non-hydrogen) atoms. The molecule has 2 heteroatoms. The van der Waals surface area contributed by atoms with Crippen LogP contribution in [0.4, 0.5) is 0 Å². The van der Waals surface area contributed by atoms with Crippen LogP contribution in [-0.2, 0) is 12.8 Å². The molecule has 1 heterocycles. The quantitative estimate of drug-likeness (QED) is 0.743. The van der Waals surface area contributed by atoms with Crippen molar-refractivity contribution in [1.29, 1.82) is 0 Å². The molecule has 0 N–H and O–H groups in total. The van der Waals surface area contributed by atoms with Crippen LogP contribution >= 0.6 is 0 Å². The first-order valence-electron chi connectivity index (χ1n) is 8.04. The van der Waals surface area contributed by atoms with E-state index in [1.165, 1.54) is 31.4 Å². The Morgan fingerprint density at radius 2 is 1.85 bits per heavy atom. The average molecular weight is 274 g/mol. The van der Waals surface area contributed by atoms with Crippen LogP contribution in [0.5, 0.6) is 0 Å². The van der Waals surface area contributed by atoms with E-state index in [-0.39, 0.29) is 5.41 Å². The minimum Gasteiger partial charge on any atom is -0.241 e. The number of hydrogen-bond donors (Lipinski definition) is 0. The highest BCUT2D eigenvalue weighted by molar-refractivity contribution is 5.04. The summed E-state index contributed by atoms with van der Waals surface area (Å²) in [6.45, 7) is 11.5. The van der Waals surface area contributed by atoms with Gasteiger partial charge in [-0.3, -0.25) is 0 Å². The smallest absolute Gasteiger partial charge is 0.129 e. The van der Waals surface area contributed by atoms with Gasteiger partial charge in [-0.15, -0.1) is 0 Å². The van der Waals surface area contributed by atoms with E-state index in [9.17, 15) is 0 Å². The monoisotopic (exact) mass is 274 g/mol. The Hall–Kier alpha value is -0.920. The van der Waals surface area contributed by atoms with E-state index in [0.29, 0.717) is 5.41 Å². The first-order valence-corrected chi connectivity index (χ1v) is 8.04. The van der Waals surface area contributed by atoms with Crippen LogP contribution in [0.1, 0.15) is 71.8 Å². The summed E-state index contributed by atoms with van der Waals surface area (Å²) in [5.74, 6) is 2.00. The molecule has 0 radical (unpaired) electrons. The lowest BCUT2D eigenvalue weighted by molar-refractivity contribution is 0.289. The molecule has 1 aliphatic rings. The SMILES string of the molecule is CC(C)(C)Cc1nccc(CCC(C)(C)CC2CC2)n1. The van der Waals surface area contributed by atoms with Crippen molar-refractivity contribution < 1.29 is 0 Å². The molecule has 0 saturated heterocycles. The average Bonchev–Trinajstić information content (AvgIpc) is 3.08. The highest BCUT2D eigenvalue weighted by Crippen LogP contribution is 2.42. The van der Waals surface area contributed by atoms with Gasteiger partial charge >= 0.3 is 0 Å². The van der Waals surface area contributed by atoms with Crippen LogP contribution in [0.2, 0.25) is 0 Å². The lowest BCUT2D eigenvalue weighted by Gasteiger charge is -2.24. The van der Waals surface area contributed by atoms with Gasteiger partial charge in [0.1, 0.15) is 5.82 Å². The van der Waals surface area contributed by atoms with Crippen LogP contribution < -0.4 is 0 Å². The Balaban J connectivity index is 1.90. The molecule has 2 rings (SSSR count). The minimum absolute atomic E-state index is 0.254. The van der Waals surface area contributed by atoms with Crippen molar-refractivity contribution in [3.63, 3.8) is 0 Å². The molecular formula is C18H30N2. The van der Waals surface area contributed by atoms with E-state index < -0.39 is 0 Å². The molecule has 1 aromatic rings. The Morgan fingerprint density at radius 3 is 2.45 bits per heavy atom. The van der Waals surface area contributed by atoms with Crippen LogP contribution in [0.3, 0.4) is 0 Å². The van der Waals surface area contributed by atoms with E-state index in [2.05, 4.69) is 45.7 Å². The summed E-state index contributed by atoms with van der Waals surface area (Å²) in [6, 6.07) is 2.08. The fourth-order valence-electron chi connectivity index (χ4n) is 2.81. The van der Waals surface area contributed by atoms with E-state index in [1.807, 2.05) is 6.20 Å². The van der Waals surface area contributed by atoms with Gasteiger partial charge in [-0.1, -0.05) is 47.5 Å². The van der Waals surface area contributed by atoms with Crippen molar-refractivity contribution in [3.8, 4) is 0 Å². The van der Waals surface area contributed by atoms with Crippen LogP contribution in [0.25, 0.3) is 0 Å². The molecule has 0 atom stereocenters. The number of rotatable bonds is 6. The van der Waals surface area contributed by atoms with Crippen molar-refractivity contribution in [3.05, 3.63) is 23.8 Å². The molecule has 0 spiro atoms. The molecule has 0 unspecified atom stereocenters. The fourth-order valence-corrected chi connectivity index (χ4v) is 2.81. The molecule has 0 amide bonds. The maximum absolute atomic E-state index is 4.74. The van der Waals surface area contributed by atoms with Crippen LogP contribution in [-0.4, -0.2) is 9.97 Å². The summed E-state index contributed by atoms with van der Waals surface area (Å²) < 4.78 is 0. The summed E-state index contributed by atoms with van der Waals surface area (Å²) in [7, 11) is 0. The van der Waals surface area contributed by atoms with Gasteiger partial charge in [0.25, 0.3) is 0 Å². The number of hydrogen-bond acceptors (Lipinski definition) is 2. The van der Waals surface area contributed by atoms with E-state index in [0.717, 1.165) is 24.6 Å². The maximum Gasteiger partial charge on any atom is 0.129 e. The highest BCUT2D eigenvalue weighted by Gasteiger charge is 2.29. The first kappa shape index (κ1) is 15.5. The zero-order valence-corrected chi connectivity index (χ0v) is 13.9.